The van der Waals surface area contributed by atoms with Crippen molar-refractivity contribution in [2.75, 3.05) is 69.4 Å². The smallest absolute Gasteiger partial charge is 0.251 e. The van der Waals surface area contributed by atoms with E-state index >= 15 is 0 Å². The van der Waals surface area contributed by atoms with Gasteiger partial charge in [0.2, 0.25) is 24.6 Å². The number of amides is 1. The van der Waals surface area contributed by atoms with E-state index in [2.05, 4.69) is 36.2 Å². The first-order valence-electron chi connectivity index (χ1n) is 14.6. The topological polar surface area (TPSA) is 150 Å². The fourth-order valence-electron chi connectivity index (χ4n) is 4.29. The van der Waals surface area contributed by atoms with Crippen molar-refractivity contribution in [3.8, 4) is 17.2 Å². The van der Waals surface area contributed by atoms with Gasteiger partial charge in [-0.2, -0.15) is 15.0 Å². The third-order valence-corrected chi connectivity index (χ3v) is 6.58. The van der Waals surface area contributed by atoms with Crippen LogP contribution in [0.25, 0.3) is 0 Å². The molecule has 4 aromatic rings. The highest BCUT2D eigenvalue weighted by Gasteiger charge is 2.14. The SMILES string of the molecule is COc1cccc(CNc2nc(NCCOCCOCCNC(=O)c3ccccc3)nc(NCc3ccc4c(c3)OCO4)n2)c1. The molecule has 236 valence electrons. The molecule has 0 atom stereocenters. The number of carbonyl (C=O) groups excluding carboxylic acids is 1. The first-order chi connectivity index (χ1) is 22.2. The minimum absolute atomic E-state index is 0.121. The van der Waals surface area contributed by atoms with Gasteiger partial charge in [-0.05, 0) is 47.5 Å². The second kappa shape index (κ2) is 16.6. The van der Waals surface area contributed by atoms with E-state index in [1.54, 1.807) is 19.2 Å². The molecule has 1 aliphatic heterocycles. The molecule has 0 saturated carbocycles. The summed E-state index contributed by atoms with van der Waals surface area (Å²) < 4.78 is 27.4. The van der Waals surface area contributed by atoms with Crippen molar-refractivity contribution in [3.63, 3.8) is 0 Å². The molecule has 45 heavy (non-hydrogen) atoms. The van der Waals surface area contributed by atoms with Crippen molar-refractivity contribution < 1.29 is 28.5 Å². The van der Waals surface area contributed by atoms with Crippen molar-refractivity contribution >= 4 is 23.8 Å². The average Bonchev–Trinajstić information content (AvgIpc) is 3.56. The van der Waals surface area contributed by atoms with Crippen LogP contribution in [-0.4, -0.2) is 74.3 Å². The lowest BCUT2D eigenvalue weighted by molar-refractivity contribution is 0.0519. The molecule has 1 aliphatic rings. The number of anilines is 3. The van der Waals surface area contributed by atoms with Crippen LogP contribution in [0.4, 0.5) is 17.8 Å². The highest BCUT2D eigenvalue weighted by atomic mass is 16.7. The normalized spacial score (nSPS) is 11.6. The van der Waals surface area contributed by atoms with Crippen molar-refractivity contribution in [1.82, 2.24) is 20.3 Å². The molecule has 4 N–H and O–H groups in total. The largest absolute Gasteiger partial charge is 0.497 e. The Balaban J connectivity index is 1.06. The lowest BCUT2D eigenvalue weighted by atomic mass is 10.2. The molecule has 1 amide bonds. The van der Waals surface area contributed by atoms with Crippen molar-refractivity contribution in [3.05, 3.63) is 89.5 Å². The van der Waals surface area contributed by atoms with E-state index in [-0.39, 0.29) is 12.7 Å². The number of ether oxygens (including phenoxy) is 5. The Morgan fingerprint density at radius 2 is 1.38 bits per heavy atom. The maximum Gasteiger partial charge on any atom is 0.251 e. The molecular formula is C32H37N7O6. The monoisotopic (exact) mass is 615 g/mol. The second-order valence-corrected chi connectivity index (χ2v) is 9.83. The summed E-state index contributed by atoms with van der Waals surface area (Å²) in [4.78, 5) is 25.7. The van der Waals surface area contributed by atoms with Gasteiger partial charge in [-0.1, -0.05) is 36.4 Å². The van der Waals surface area contributed by atoms with Gasteiger partial charge in [0.25, 0.3) is 5.91 Å². The van der Waals surface area contributed by atoms with E-state index in [0.717, 1.165) is 22.6 Å². The van der Waals surface area contributed by atoms with Crippen LogP contribution in [0.3, 0.4) is 0 Å². The molecule has 13 nitrogen and oxygen atoms in total. The summed E-state index contributed by atoms with van der Waals surface area (Å²) in [6.07, 6.45) is 0. The van der Waals surface area contributed by atoms with Gasteiger partial charge in [0.05, 0.1) is 33.5 Å². The number of rotatable bonds is 18. The number of aromatic nitrogens is 3. The van der Waals surface area contributed by atoms with Crippen LogP contribution >= 0.6 is 0 Å². The molecule has 0 bridgehead atoms. The molecule has 5 rings (SSSR count). The molecule has 13 heteroatoms. The van der Waals surface area contributed by atoms with Crippen LogP contribution in [0, 0.1) is 0 Å². The van der Waals surface area contributed by atoms with Crippen LogP contribution in [0.2, 0.25) is 0 Å². The summed E-state index contributed by atoms with van der Waals surface area (Å²) in [6, 6.07) is 22.6. The molecule has 0 aliphatic carbocycles. The Morgan fingerprint density at radius 1 is 0.711 bits per heavy atom. The van der Waals surface area contributed by atoms with E-state index in [4.69, 9.17) is 23.7 Å². The predicted octanol–water partition coefficient (Wildman–Crippen LogP) is 3.71. The van der Waals surface area contributed by atoms with E-state index in [1.807, 2.05) is 60.7 Å². The molecule has 0 fully saturated rings. The molecular weight excluding hydrogens is 578 g/mol. The van der Waals surface area contributed by atoms with Crippen LogP contribution in [0.1, 0.15) is 21.5 Å². The van der Waals surface area contributed by atoms with Crippen LogP contribution in [-0.2, 0) is 22.6 Å². The zero-order chi connectivity index (χ0) is 31.1. The first-order valence-corrected chi connectivity index (χ1v) is 14.6. The number of nitrogens with zero attached hydrogens (tertiary/aromatic N) is 3. The molecule has 3 aromatic carbocycles. The minimum Gasteiger partial charge on any atom is -0.497 e. The highest BCUT2D eigenvalue weighted by molar-refractivity contribution is 5.94. The summed E-state index contributed by atoms with van der Waals surface area (Å²) in [7, 11) is 1.64. The van der Waals surface area contributed by atoms with Gasteiger partial charge in [-0.3, -0.25) is 4.79 Å². The number of hydrogen-bond donors (Lipinski definition) is 4. The van der Waals surface area contributed by atoms with Gasteiger partial charge >= 0.3 is 0 Å². The summed E-state index contributed by atoms with van der Waals surface area (Å²) in [5, 5.41) is 12.6. The summed E-state index contributed by atoms with van der Waals surface area (Å²) in [6.45, 7) is 3.77. The van der Waals surface area contributed by atoms with Crippen molar-refractivity contribution in [1.29, 1.82) is 0 Å². The number of nitrogens with one attached hydrogen (secondary N) is 4. The number of benzene rings is 3. The van der Waals surface area contributed by atoms with Crippen LogP contribution < -0.4 is 35.5 Å². The summed E-state index contributed by atoms with van der Waals surface area (Å²) in [5.41, 5.74) is 2.64. The fraction of sp³-hybridized carbons (Fsp3) is 0.312. The summed E-state index contributed by atoms with van der Waals surface area (Å²) in [5.74, 6) is 3.33. The zero-order valence-electron chi connectivity index (χ0n) is 25.1. The highest BCUT2D eigenvalue weighted by Crippen LogP contribution is 2.32. The lowest BCUT2D eigenvalue weighted by Crippen LogP contribution is -2.27. The Hall–Kier alpha value is -5.14. The van der Waals surface area contributed by atoms with Crippen molar-refractivity contribution in [2.24, 2.45) is 0 Å². The molecule has 0 spiro atoms. The van der Waals surface area contributed by atoms with Gasteiger partial charge in [-0.25, -0.2) is 0 Å². The Bertz CT molecular complexity index is 1530. The van der Waals surface area contributed by atoms with Crippen LogP contribution in [0.15, 0.2) is 72.8 Å². The molecule has 2 heterocycles. The molecule has 0 radical (unpaired) electrons. The van der Waals surface area contributed by atoms with Gasteiger partial charge in [0, 0.05) is 31.7 Å². The average molecular weight is 616 g/mol. The first kappa shape index (κ1) is 31.3. The Kier molecular flexibility index (Phi) is 11.6. The van der Waals surface area contributed by atoms with Gasteiger partial charge in [0.1, 0.15) is 5.75 Å². The van der Waals surface area contributed by atoms with E-state index in [0.29, 0.717) is 81.8 Å². The predicted molar refractivity (Wildman–Crippen MR) is 169 cm³/mol. The molecule has 0 saturated heterocycles. The van der Waals surface area contributed by atoms with Gasteiger partial charge < -0.3 is 45.0 Å². The quantitative estimate of drug-likeness (QED) is 0.121. The van der Waals surface area contributed by atoms with E-state index in [9.17, 15) is 4.79 Å². The molecule has 1 aromatic heterocycles. The Morgan fingerprint density at radius 3 is 2.11 bits per heavy atom. The van der Waals surface area contributed by atoms with Crippen LogP contribution in [0.5, 0.6) is 17.2 Å². The van der Waals surface area contributed by atoms with E-state index < -0.39 is 0 Å². The van der Waals surface area contributed by atoms with Crippen molar-refractivity contribution in [2.45, 2.75) is 13.1 Å². The number of methoxy groups -OCH3 is 1. The lowest BCUT2D eigenvalue weighted by Gasteiger charge is -2.12. The zero-order valence-corrected chi connectivity index (χ0v) is 25.1. The molecule has 0 unspecified atom stereocenters. The third-order valence-electron chi connectivity index (χ3n) is 6.58. The Labute approximate surface area is 261 Å². The number of carbonyl (C=O) groups is 1. The van der Waals surface area contributed by atoms with Gasteiger partial charge in [0.15, 0.2) is 11.5 Å². The minimum atomic E-state index is -0.121. The van der Waals surface area contributed by atoms with E-state index in [1.165, 1.54) is 0 Å². The maximum absolute atomic E-state index is 12.0. The van der Waals surface area contributed by atoms with Gasteiger partial charge in [-0.15, -0.1) is 0 Å². The fourth-order valence-corrected chi connectivity index (χ4v) is 4.29. The number of fused-ring (bicyclic) bond motifs is 1. The summed E-state index contributed by atoms with van der Waals surface area (Å²) >= 11 is 0. The standard InChI is InChI=1S/C32H37N7O6/c1-41-26-9-5-6-23(18-26)20-35-31-37-30(38-32(39-31)36-21-24-10-11-27-28(19-24)45-22-44-27)34-13-15-43-17-16-42-14-12-33-29(40)25-7-3-2-4-8-25/h2-11,18-19H,12-17,20-22H2,1H3,(H,33,40)(H3,34,35,36,37,38,39). The number of hydrogen-bond acceptors (Lipinski definition) is 12. The second-order valence-electron chi connectivity index (χ2n) is 9.83. The third kappa shape index (κ3) is 9.95. The maximum atomic E-state index is 12.0.